The van der Waals surface area contributed by atoms with Gasteiger partial charge in [0.2, 0.25) is 0 Å². The highest BCUT2D eigenvalue weighted by Crippen LogP contribution is 2.12. The first-order valence-corrected chi connectivity index (χ1v) is 6.55. The van der Waals surface area contributed by atoms with Gasteiger partial charge in [0, 0.05) is 25.9 Å². The van der Waals surface area contributed by atoms with Crippen LogP contribution in [0.1, 0.15) is 23.2 Å². The molecule has 20 heavy (non-hydrogen) atoms. The summed E-state index contributed by atoms with van der Waals surface area (Å²) >= 11 is 0. The molecule has 0 bridgehead atoms. The van der Waals surface area contributed by atoms with E-state index < -0.39 is 5.82 Å². The van der Waals surface area contributed by atoms with Gasteiger partial charge < -0.3 is 20.5 Å². The van der Waals surface area contributed by atoms with Gasteiger partial charge >= 0.3 is 0 Å². The van der Waals surface area contributed by atoms with Crippen LogP contribution in [0.5, 0.6) is 0 Å². The summed E-state index contributed by atoms with van der Waals surface area (Å²) < 4.78 is 23.0. The Kier molecular flexibility index (Phi) is 7.60. The molecule has 0 aliphatic heterocycles. The van der Waals surface area contributed by atoms with E-state index in [0.717, 1.165) is 18.9 Å². The van der Waals surface area contributed by atoms with Crippen molar-refractivity contribution in [2.45, 2.75) is 12.8 Å². The second-order valence-corrected chi connectivity index (χ2v) is 4.30. The summed E-state index contributed by atoms with van der Waals surface area (Å²) in [4.78, 5) is 11.8. The van der Waals surface area contributed by atoms with Crippen molar-refractivity contribution in [3.05, 3.63) is 29.6 Å². The van der Waals surface area contributed by atoms with Crippen LogP contribution in [0.4, 0.5) is 10.1 Å². The Morgan fingerprint density at radius 1 is 1.30 bits per heavy atom. The van der Waals surface area contributed by atoms with Crippen LogP contribution in [0, 0.1) is 5.82 Å². The van der Waals surface area contributed by atoms with Gasteiger partial charge in [-0.1, -0.05) is 0 Å². The summed E-state index contributed by atoms with van der Waals surface area (Å²) in [5, 5.41) is 2.74. The summed E-state index contributed by atoms with van der Waals surface area (Å²) in [7, 11) is 1.63. The maximum Gasteiger partial charge on any atom is 0.253 e. The molecule has 0 saturated heterocycles. The number of rotatable bonds is 9. The van der Waals surface area contributed by atoms with E-state index in [4.69, 9.17) is 15.2 Å². The van der Waals surface area contributed by atoms with Crippen LogP contribution in [-0.2, 0) is 9.47 Å². The molecule has 0 saturated carbocycles. The highest BCUT2D eigenvalue weighted by Gasteiger charge is 2.09. The van der Waals surface area contributed by atoms with E-state index >= 15 is 0 Å². The number of ether oxygens (including phenoxy) is 2. The highest BCUT2D eigenvalue weighted by atomic mass is 19.1. The number of carbonyl (C=O) groups excluding carboxylic acids is 1. The van der Waals surface area contributed by atoms with Crippen LogP contribution in [0.25, 0.3) is 0 Å². The van der Waals surface area contributed by atoms with E-state index in [1.807, 2.05) is 0 Å². The van der Waals surface area contributed by atoms with Crippen molar-refractivity contribution >= 4 is 11.6 Å². The Hall–Kier alpha value is -1.66. The fraction of sp³-hybridized carbons (Fsp3) is 0.500. The van der Waals surface area contributed by atoms with Crippen LogP contribution < -0.4 is 11.1 Å². The molecule has 3 N–H and O–H groups in total. The number of methoxy groups -OCH3 is 1. The molecular formula is C14H21FN2O3. The van der Waals surface area contributed by atoms with Gasteiger partial charge in [-0.3, -0.25) is 4.79 Å². The molecule has 1 rings (SSSR count). The Balaban J connectivity index is 2.17. The van der Waals surface area contributed by atoms with Crippen molar-refractivity contribution < 1.29 is 18.7 Å². The lowest BCUT2D eigenvalue weighted by Gasteiger charge is -2.08. The molecule has 1 aromatic carbocycles. The zero-order chi connectivity index (χ0) is 14.8. The van der Waals surface area contributed by atoms with E-state index in [0.29, 0.717) is 31.9 Å². The van der Waals surface area contributed by atoms with E-state index in [1.54, 1.807) is 7.11 Å². The molecule has 0 unspecified atom stereocenters. The average molecular weight is 284 g/mol. The number of nitrogens with two attached hydrogens (primary N) is 1. The van der Waals surface area contributed by atoms with E-state index in [2.05, 4.69) is 5.32 Å². The SMILES string of the molecule is COCCOCCCCNC(=O)c1ccc(F)cc1N. The van der Waals surface area contributed by atoms with Gasteiger partial charge in [-0.05, 0) is 31.0 Å². The zero-order valence-electron chi connectivity index (χ0n) is 11.7. The van der Waals surface area contributed by atoms with E-state index in [9.17, 15) is 9.18 Å². The monoisotopic (exact) mass is 284 g/mol. The fourth-order valence-electron chi connectivity index (χ4n) is 1.61. The van der Waals surface area contributed by atoms with E-state index in [1.165, 1.54) is 12.1 Å². The predicted molar refractivity (Wildman–Crippen MR) is 75.1 cm³/mol. The molecule has 0 fully saturated rings. The molecule has 0 aliphatic rings. The quantitative estimate of drug-likeness (QED) is 0.533. The maximum atomic E-state index is 12.9. The van der Waals surface area contributed by atoms with Gasteiger partial charge in [0.15, 0.2) is 0 Å². The van der Waals surface area contributed by atoms with Crippen molar-refractivity contribution in [2.24, 2.45) is 0 Å². The van der Waals surface area contributed by atoms with Crippen molar-refractivity contribution in [3.63, 3.8) is 0 Å². The minimum Gasteiger partial charge on any atom is -0.398 e. The minimum absolute atomic E-state index is 0.144. The molecule has 112 valence electrons. The number of carbonyl (C=O) groups is 1. The summed E-state index contributed by atoms with van der Waals surface area (Å²) in [5.74, 6) is -0.741. The van der Waals surface area contributed by atoms with Gasteiger partial charge in [-0.15, -0.1) is 0 Å². The number of nitrogen functional groups attached to an aromatic ring is 1. The number of amides is 1. The summed E-state index contributed by atoms with van der Waals surface area (Å²) in [6.07, 6.45) is 1.66. The number of halogens is 1. The Labute approximate surface area is 118 Å². The first kappa shape index (κ1) is 16.4. The van der Waals surface area contributed by atoms with Gasteiger partial charge in [0.05, 0.1) is 18.8 Å². The molecule has 6 heteroatoms. The average Bonchev–Trinajstić information content (AvgIpc) is 2.41. The Morgan fingerprint density at radius 2 is 2.10 bits per heavy atom. The number of nitrogens with one attached hydrogen (secondary N) is 1. The number of hydrogen-bond acceptors (Lipinski definition) is 4. The van der Waals surface area contributed by atoms with Crippen molar-refractivity contribution in [1.29, 1.82) is 0 Å². The Morgan fingerprint density at radius 3 is 2.80 bits per heavy atom. The zero-order valence-corrected chi connectivity index (χ0v) is 11.7. The normalized spacial score (nSPS) is 10.5. The first-order valence-electron chi connectivity index (χ1n) is 6.55. The predicted octanol–water partition coefficient (Wildman–Crippen LogP) is 1.58. The molecular weight excluding hydrogens is 263 g/mol. The number of anilines is 1. The van der Waals surface area contributed by atoms with Gasteiger partial charge in [-0.2, -0.15) is 0 Å². The van der Waals surface area contributed by atoms with Crippen molar-refractivity contribution in [1.82, 2.24) is 5.32 Å². The second-order valence-electron chi connectivity index (χ2n) is 4.30. The minimum atomic E-state index is -0.452. The molecule has 0 aromatic heterocycles. The lowest BCUT2D eigenvalue weighted by Crippen LogP contribution is -2.25. The van der Waals surface area contributed by atoms with Gasteiger partial charge in [0.1, 0.15) is 5.82 Å². The molecule has 0 spiro atoms. The maximum absolute atomic E-state index is 12.9. The van der Waals surface area contributed by atoms with Crippen LogP contribution in [0.15, 0.2) is 18.2 Å². The lowest BCUT2D eigenvalue weighted by atomic mass is 10.1. The topological polar surface area (TPSA) is 73.6 Å². The molecule has 0 heterocycles. The summed E-state index contributed by atoms with van der Waals surface area (Å²) in [5.41, 5.74) is 6.03. The van der Waals surface area contributed by atoms with Crippen LogP contribution >= 0.6 is 0 Å². The van der Waals surface area contributed by atoms with E-state index in [-0.39, 0.29) is 11.6 Å². The molecule has 5 nitrogen and oxygen atoms in total. The molecule has 1 aromatic rings. The number of benzene rings is 1. The second kappa shape index (κ2) is 9.28. The standard InChI is InChI=1S/C14H21FN2O3/c1-19-8-9-20-7-3-2-6-17-14(18)12-5-4-11(15)10-13(12)16/h4-5,10H,2-3,6-9,16H2,1H3,(H,17,18). The molecule has 0 atom stereocenters. The third-order valence-electron chi connectivity index (χ3n) is 2.69. The third-order valence-corrected chi connectivity index (χ3v) is 2.69. The molecule has 0 radical (unpaired) electrons. The van der Waals surface area contributed by atoms with Crippen LogP contribution in [0.3, 0.4) is 0 Å². The van der Waals surface area contributed by atoms with Crippen LogP contribution in [-0.4, -0.2) is 39.4 Å². The lowest BCUT2D eigenvalue weighted by molar-refractivity contribution is 0.0686. The highest BCUT2D eigenvalue weighted by molar-refractivity contribution is 5.99. The number of hydrogen-bond donors (Lipinski definition) is 2. The molecule has 0 aliphatic carbocycles. The van der Waals surface area contributed by atoms with Crippen molar-refractivity contribution in [2.75, 3.05) is 39.2 Å². The smallest absolute Gasteiger partial charge is 0.253 e. The van der Waals surface area contributed by atoms with Crippen molar-refractivity contribution in [3.8, 4) is 0 Å². The fourth-order valence-corrected chi connectivity index (χ4v) is 1.61. The molecule has 1 amide bonds. The summed E-state index contributed by atoms with van der Waals surface area (Å²) in [6.45, 7) is 2.33. The van der Waals surface area contributed by atoms with Gasteiger partial charge in [0.25, 0.3) is 5.91 Å². The summed E-state index contributed by atoms with van der Waals surface area (Å²) in [6, 6.07) is 3.74. The third kappa shape index (κ3) is 5.99. The first-order chi connectivity index (χ1) is 9.65. The number of unbranched alkanes of at least 4 members (excludes halogenated alkanes) is 1. The van der Waals surface area contributed by atoms with Gasteiger partial charge in [-0.25, -0.2) is 4.39 Å². The van der Waals surface area contributed by atoms with Crippen LogP contribution in [0.2, 0.25) is 0 Å². The Bertz CT molecular complexity index is 427. The largest absolute Gasteiger partial charge is 0.398 e.